The number of carbonyl (C=O) groups is 2. The molecular weight excluding hydrogens is 728 g/mol. The van der Waals surface area contributed by atoms with Gasteiger partial charge in [0.05, 0.1) is 69.2 Å². The van der Waals surface area contributed by atoms with Gasteiger partial charge in [-0.1, -0.05) is 6.92 Å². The van der Waals surface area contributed by atoms with Crippen molar-refractivity contribution >= 4 is 11.9 Å². The third-order valence-corrected chi connectivity index (χ3v) is 11.5. The van der Waals surface area contributed by atoms with Crippen molar-refractivity contribution in [1.82, 2.24) is 0 Å². The summed E-state index contributed by atoms with van der Waals surface area (Å²) in [6.45, 7) is 2.21. The molecule has 0 unspecified atom stereocenters. The van der Waals surface area contributed by atoms with Crippen LogP contribution in [0.3, 0.4) is 0 Å². The molecule has 20 heteroatoms. The number of esters is 2. The number of hydrogen-bond acceptors (Lipinski definition) is 20. The molecule has 4 fully saturated rings. The van der Waals surface area contributed by atoms with E-state index < -0.39 is 147 Å². The molecule has 1 saturated carbocycles. The number of aliphatic hydroxyl groups is 8. The maximum absolute atomic E-state index is 12.9. The predicted molar refractivity (Wildman–Crippen MR) is 171 cm³/mol. The second-order valence-electron chi connectivity index (χ2n) is 14.4. The van der Waals surface area contributed by atoms with Crippen LogP contribution in [0.15, 0.2) is 23.7 Å². The monoisotopic (exact) mass is 778 g/mol. The molecule has 6 aliphatic rings. The molecule has 0 aromatic heterocycles. The first kappa shape index (κ1) is 41.1. The maximum Gasteiger partial charge on any atom is 0.337 e. The maximum atomic E-state index is 12.9. The Morgan fingerprint density at radius 3 is 1.56 bits per heavy atom. The molecule has 5 aliphatic heterocycles. The van der Waals surface area contributed by atoms with Gasteiger partial charge in [-0.15, -0.1) is 0 Å². The number of methoxy groups -OCH3 is 2. The average molecular weight is 779 g/mol. The summed E-state index contributed by atoms with van der Waals surface area (Å²) in [5.41, 5.74) is 0.367. The van der Waals surface area contributed by atoms with E-state index in [-0.39, 0.29) is 24.0 Å². The van der Waals surface area contributed by atoms with E-state index >= 15 is 0 Å². The fourth-order valence-electron chi connectivity index (χ4n) is 8.43. The van der Waals surface area contributed by atoms with Gasteiger partial charge in [0.1, 0.15) is 48.8 Å². The van der Waals surface area contributed by atoms with Gasteiger partial charge >= 0.3 is 11.9 Å². The highest BCUT2D eigenvalue weighted by Crippen LogP contribution is 2.50. The van der Waals surface area contributed by atoms with E-state index in [4.69, 9.17) is 47.4 Å². The van der Waals surface area contributed by atoms with E-state index in [2.05, 4.69) is 0 Å². The minimum atomic E-state index is -1.71. The van der Waals surface area contributed by atoms with Gasteiger partial charge in [0, 0.05) is 24.2 Å². The Labute approximate surface area is 309 Å². The lowest BCUT2D eigenvalue weighted by molar-refractivity contribution is -0.355. The van der Waals surface area contributed by atoms with Crippen LogP contribution in [0.1, 0.15) is 26.7 Å². The Bertz CT molecular complexity index is 1390. The van der Waals surface area contributed by atoms with Gasteiger partial charge in [-0.05, 0) is 19.3 Å². The molecule has 0 bridgehead atoms. The number of hydrogen-bond donors (Lipinski definition) is 8. The quantitative estimate of drug-likeness (QED) is 0.0997. The zero-order chi connectivity index (χ0) is 39.2. The third-order valence-electron chi connectivity index (χ3n) is 11.5. The van der Waals surface area contributed by atoms with Crippen LogP contribution in [0, 0.1) is 29.6 Å². The van der Waals surface area contributed by atoms with Crippen molar-refractivity contribution in [3.63, 3.8) is 0 Å². The van der Waals surface area contributed by atoms with Crippen molar-refractivity contribution < 1.29 is 97.8 Å². The normalized spacial score (nSPS) is 47.6. The van der Waals surface area contributed by atoms with Crippen LogP contribution in [-0.2, 0) is 57.0 Å². The Morgan fingerprint density at radius 2 is 1.09 bits per heavy atom. The molecule has 0 amide bonds. The van der Waals surface area contributed by atoms with E-state index in [1.165, 1.54) is 26.7 Å². The van der Waals surface area contributed by atoms with E-state index in [0.717, 1.165) is 0 Å². The summed E-state index contributed by atoms with van der Waals surface area (Å²) < 4.78 is 57.6. The molecule has 3 saturated heterocycles. The van der Waals surface area contributed by atoms with Gasteiger partial charge in [0.15, 0.2) is 18.9 Å². The summed E-state index contributed by atoms with van der Waals surface area (Å²) >= 11 is 0. The Hall–Kier alpha value is -2.54. The van der Waals surface area contributed by atoms with E-state index in [0.29, 0.717) is 0 Å². The summed E-state index contributed by atoms with van der Waals surface area (Å²) in [7, 11) is 2.44. The van der Waals surface area contributed by atoms with Gasteiger partial charge in [-0.2, -0.15) is 0 Å². The van der Waals surface area contributed by atoms with E-state index in [1.807, 2.05) is 6.92 Å². The number of rotatable bonds is 10. The van der Waals surface area contributed by atoms with Crippen LogP contribution in [0.25, 0.3) is 0 Å². The van der Waals surface area contributed by atoms with Crippen molar-refractivity contribution in [2.75, 3.05) is 27.4 Å². The highest BCUT2D eigenvalue weighted by Gasteiger charge is 2.56. The summed E-state index contributed by atoms with van der Waals surface area (Å²) in [6.07, 6.45) is -17.4. The first-order valence-electron chi connectivity index (χ1n) is 17.8. The standard InChI is InChI=1S/C34H50O20/c1-11-17(5-13-15(29(43)45-3)9-47-31(21(11)13)53-33-27(41)25(39)23(37)18(7-35)51-33)50-20-6-14-16(30(44)46-4)10-48-32(22(14)12(2)49-20)54-34-28(42)26(40)24(38)19(8-36)52-34/h9-14,17-28,31-42H,5-8H2,1-4H3/t11-,12+,13+,14+,17-,18+,19+,20-,21+,22+,23+,24+,25-,26-,27+,28+,31-,32-,33-,34-/m0/s1. The van der Waals surface area contributed by atoms with Gasteiger partial charge < -0.3 is 88.2 Å². The lowest BCUT2D eigenvalue weighted by Crippen LogP contribution is -2.61. The highest BCUT2D eigenvalue weighted by atomic mass is 16.8. The van der Waals surface area contributed by atoms with Crippen LogP contribution in [0.2, 0.25) is 0 Å². The van der Waals surface area contributed by atoms with Crippen molar-refractivity contribution in [3.05, 3.63) is 23.7 Å². The first-order chi connectivity index (χ1) is 25.7. The minimum absolute atomic E-state index is 0.0907. The summed E-state index contributed by atoms with van der Waals surface area (Å²) in [5, 5.41) is 81.5. The molecule has 6 rings (SSSR count). The zero-order valence-electron chi connectivity index (χ0n) is 30.0. The second kappa shape index (κ2) is 16.9. The van der Waals surface area contributed by atoms with Gasteiger partial charge in [0.2, 0.25) is 12.6 Å². The molecular formula is C34H50O20. The van der Waals surface area contributed by atoms with Crippen molar-refractivity contribution in [2.45, 2.75) is 119 Å². The highest BCUT2D eigenvalue weighted by molar-refractivity contribution is 5.89. The van der Waals surface area contributed by atoms with Crippen molar-refractivity contribution in [3.8, 4) is 0 Å². The predicted octanol–water partition coefficient (Wildman–Crippen LogP) is -3.53. The van der Waals surface area contributed by atoms with Crippen LogP contribution in [0.5, 0.6) is 0 Å². The van der Waals surface area contributed by atoms with E-state index in [1.54, 1.807) is 6.92 Å². The molecule has 8 N–H and O–H groups in total. The van der Waals surface area contributed by atoms with Crippen molar-refractivity contribution in [1.29, 1.82) is 0 Å². The zero-order valence-corrected chi connectivity index (χ0v) is 30.0. The topological polar surface area (TPSA) is 288 Å². The SMILES string of the molecule is COC(=O)C1=CO[C@@H](O[C@@H]2O[C@H](CO)[C@@H](O)[C@H](O)[C@H]2O)[C@@H]2[C@@H](C)[C@@H](O[C@H]3C[C@@H]4C(C(=O)OC)=CO[C@@H](O[C@@H]5O[C@H](CO)[C@@H](O)[C@H](O)[C@H]5O)[C@@H]4[C@@H](C)O3)C[C@H]12. The third kappa shape index (κ3) is 7.62. The van der Waals surface area contributed by atoms with Gasteiger partial charge in [0.25, 0.3) is 0 Å². The first-order valence-corrected chi connectivity index (χ1v) is 17.8. The molecule has 0 aromatic rings. The number of aliphatic hydroxyl groups excluding tert-OH is 8. The summed E-state index contributed by atoms with van der Waals surface area (Å²) in [5.74, 6) is -4.23. The minimum Gasteiger partial charge on any atom is -0.472 e. The average Bonchev–Trinajstić information content (AvgIpc) is 3.49. The molecule has 1 aliphatic carbocycles. The molecule has 54 heavy (non-hydrogen) atoms. The molecule has 306 valence electrons. The fourth-order valence-corrected chi connectivity index (χ4v) is 8.43. The lowest BCUT2D eigenvalue weighted by atomic mass is 9.77. The molecule has 20 nitrogen and oxygen atoms in total. The summed E-state index contributed by atoms with van der Waals surface area (Å²) in [6, 6.07) is 0. The van der Waals surface area contributed by atoms with Crippen LogP contribution in [0.4, 0.5) is 0 Å². The number of ether oxygens (including phenoxy) is 10. The molecule has 0 radical (unpaired) electrons. The Balaban J connectivity index is 1.19. The fraction of sp³-hybridized carbons (Fsp3) is 0.824. The number of fused-ring (bicyclic) bond motifs is 2. The molecule has 20 atom stereocenters. The number of carbonyl (C=O) groups excluding carboxylic acids is 2. The van der Waals surface area contributed by atoms with Crippen LogP contribution >= 0.6 is 0 Å². The van der Waals surface area contributed by atoms with Gasteiger partial charge in [-0.3, -0.25) is 0 Å². The largest absolute Gasteiger partial charge is 0.472 e. The molecule has 0 spiro atoms. The van der Waals surface area contributed by atoms with Crippen LogP contribution < -0.4 is 0 Å². The van der Waals surface area contributed by atoms with Crippen LogP contribution in [-0.4, -0.2) is 173 Å². The smallest absolute Gasteiger partial charge is 0.337 e. The Kier molecular flexibility index (Phi) is 12.9. The lowest BCUT2D eigenvalue weighted by Gasteiger charge is -2.48. The second-order valence-corrected chi connectivity index (χ2v) is 14.4. The van der Waals surface area contributed by atoms with E-state index in [9.17, 15) is 50.4 Å². The van der Waals surface area contributed by atoms with Crippen molar-refractivity contribution in [2.24, 2.45) is 29.6 Å². The summed E-state index contributed by atoms with van der Waals surface area (Å²) in [4.78, 5) is 25.8. The molecule has 0 aromatic carbocycles. The Morgan fingerprint density at radius 1 is 0.630 bits per heavy atom. The van der Waals surface area contributed by atoms with Gasteiger partial charge in [-0.25, -0.2) is 9.59 Å². The molecule has 5 heterocycles.